The molecule has 6 heteroatoms. The third kappa shape index (κ3) is 4.94. The Balaban J connectivity index is 2.06. The number of hydrogen-bond acceptors (Lipinski definition) is 3. The van der Waals surface area contributed by atoms with Gasteiger partial charge in [-0.3, -0.25) is 9.59 Å². The summed E-state index contributed by atoms with van der Waals surface area (Å²) < 4.78 is 0. The first-order valence-corrected chi connectivity index (χ1v) is 8.25. The minimum atomic E-state index is -0.383. The molecular weight excluding hydrogens is 314 g/mol. The Hall–Kier alpha value is -1.59. The molecule has 0 spiro atoms. The lowest BCUT2D eigenvalue weighted by molar-refractivity contribution is -0.124. The van der Waals surface area contributed by atoms with Gasteiger partial charge in [-0.1, -0.05) is 23.7 Å². The third-order valence-corrected chi connectivity index (χ3v) is 4.62. The van der Waals surface area contributed by atoms with Crippen molar-refractivity contribution < 1.29 is 9.59 Å². The highest BCUT2D eigenvalue weighted by atomic mass is 35.5. The monoisotopic (exact) mass is 337 g/mol. The van der Waals surface area contributed by atoms with Crippen LogP contribution in [0.3, 0.4) is 0 Å². The number of rotatable bonds is 7. The van der Waals surface area contributed by atoms with Gasteiger partial charge in [0.2, 0.25) is 11.8 Å². The topological polar surface area (TPSA) is 84.2 Å². The fraction of sp³-hybridized carbons (Fsp3) is 0.529. The van der Waals surface area contributed by atoms with Crippen molar-refractivity contribution >= 4 is 23.4 Å². The summed E-state index contributed by atoms with van der Waals surface area (Å²) in [4.78, 5) is 23.9. The average Bonchev–Trinajstić information content (AvgIpc) is 3.31. The minimum absolute atomic E-state index is 0.112. The number of amides is 2. The molecule has 23 heavy (non-hydrogen) atoms. The molecule has 1 aliphatic rings. The number of hydrogen-bond donors (Lipinski definition) is 3. The van der Waals surface area contributed by atoms with Gasteiger partial charge in [-0.25, -0.2) is 0 Å². The summed E-state index contributed by atoms with van der Waals surface area (Å²) in [6.45, 7) is 3.84. The van der Waals surface area contributed by atoms with Gasteiger partial charge in [-0.05, 0) is 43.4 Å². The van der Waals surface area contributed by atoms with Crippen molar-refractivity contribution in [3.63, 3.8) is 0 Å². The molecule has 5 nitrogen and oxygen atoms in total. The molecule has 2 rings (SSSR count). The second kappa shape index (κ2) is 7.32. The standard InChI is InChI=1S/C17H24ClN3O2/c1-11(22)20-15(12-3-7-14(18)8-4-12)9-16(23)21-17(2,10-19)13-5-6-13/h3-4,7-8,13,15H,5-6,9-10,19H2,1-2H3,(H,20,22)(H,21,23). The Labute approximate surface area is 142 Å². The number of benzene rings is 1. The largest absolute Gasteiger partial charge is 0.349 e. The smallest absolute Gasteiger partial charge is 0.222 e. The first kappa shape index (κ1) is 17.8. The van der Waals surface area contributed by atoms with Gasteiger partial charge < -0.3 is 16.4 Å². The van der Waals surface area contributed by atoms with Crippen molar-refractivity contribution in [1.82, 2.24) is 10.6 Å². The quantitative estimate of drug-likeness (QED) is 0.712. The molecule has 1 saturated carbocycles. The van der Waals surface area contributed by atoms with Gasteiger partial charge in [-0.2, -0.15) is 0 Å². The lowest BCUT2D eigenvalue weighted by atomic mass is 9.95. The maximum atomic E-state index is 12.4. The van der Waals surface area contributed by atoms with Crippen LogP contribution in [-0.2, 0) is 9.59 Å². The van der Waals surface area contributed by atoms with Gasteiger partial charge in [0, 0.05) is 18.5 Å². The van der Waals surface area contributed by atoms with Crippen LogP contribution >= 0.6 is 11.6 Å². The van der Waals surface area contributed by atoms with Crippen LogP contribution in [0.15, 0.2) is 24.3 Å². The molecule has 2 amide bonds. The summed E-state index contributed by atoms with van der Waals surface area (Å²) in [6, 6.07) is 6.75. The van der Waals surface area contributed by atoms with E-state index >= 15 is 0 Å². The molecule has 1 aromatic rings. The second-order valence-electron chi connectivity index (χ2n) is 6.45. The van der Waals surface area contributed by atoms with Crippen LogP contribution in [0.25, 0.3) is 0 Å². The van der Waals surface area contributed by atoms with Crippen LogP contribution in [0.1, 0.15) is 44.7 Å². The van der Waals surface area contributed by atoms with E-state index in [0.717, 1.165) is 18.4 Å². The van der Waals surface area contributed by atoms with Crippen LogP contribution in [0.2, 0.25) is 5.02 Å². The van der Waals surface area contributed by atoms with Crippen molar-refractivity contribution in [2.45, 2.75) is 44.7 Å². The van der Waals surface area contributed by atoms with Gasteiger partial charge in [-0.15, -0.1) is 0 Å². The fourth-order valence-electron chi connectivity index (χ4n) is 2.79. The molecule has 126 valence electrons. The average molecular weight is 338 g/mol. The van der Waals surface area contributed by atoms with E-state index in [1.54, 1.807) is 12.1 Å². The van der Waals surface area contributed by atoms with E-state index in [4.69, 9.17) is 17.3 Å². The van der Waals surface area contributed by atoms with Gasteiger partial charge >= 0.3 is 0 Å². The van der Waals surface area contributed by atoms with E-state index in [2.05, 4.69) is 10.6 Å². The molecule has 4 N–H and O–H groups in total. The van der Waals surface area contributed by atoms with E-state index in [0.29, 0.717) is 17.5 Å². The Morgan fingerprint density at radius 1 is 1.35 bits per heavy atom. The van der Waals surface area contributed by atoms with Crippen LogP contribution in [-0.4, -0.2) is 23.9 Å². The van der Waals surface area contributed by atoms with Crippen LogP contribution in [0.4, 0.5) is 0 Å². The zero-order chi connectivity index (χ0) is 17.0. The van der Waals surface area contributed by atoms with Crippen LogP contribution in [0, 0.1) is 5.92 Å². The van der Waals surface area contributed by atoms with E-state index in [-0.39, 0.29) is 29.8 Å². The summed E-state index contributed by atoms with van der Waals surface area (Å²) >= 11 is 5.89. The highest BCUT2D eigenvalue weighted by molar-refractivity contribution is 6.30. The first-order valence-electron chi connectivity index (χ1n) is 7.87. The Morgan fingerprint density at radius 3 is 2.43 bits per heavy atom. The lowest BCUT2D eigenvalue weighted by Crippen LogP contribution is -2.53. The van der Waals surface area contributed by atoms with Gasteiger partial charge in [0.25, 0.3) is 0 Å². The summed E-state index contributed by atoms with van der Waals surface area (Å²) in [5.41, 5.74) is 6.32. The normalized spacial score (nSPS) is 17.9. The highest BCUT2D eigenvalue weighted by Gasteiger charge is 2.41. The molecule has 1 fully saturated rings. The molecule has 0 saturated heterocycles. The molecule has 1 aromatic carbocycles. The molecular formula is C17H24ClN3O2. The molecule has 2 unspecified atom stereocenters. The highest BCUT2D eigenvalue weighted by Crippen LogP contribution is 2.39. The van der Waals surface area contributed by atoms with E-state index < -0.39 is 0 Å². The van der Waals surface area contributed by atoms with Gasteiger partial charge in [0.15, 0.2) is 0 Å². The second-order valence-corrected chi connectivity index (χ2v) is 6.89. The molecule has 0 radical (unpaired) electrons. The number of carbonyl (C=O) groups excluding carboxylic acids is 2. The summed E-state index contributed by atoms with van der Waals surface area (Å²) in [5.74, 6) is 0.159. The van der Waals surface area contributed by atoms with Crippen LogP contribution in [0.5, 0.6) is 0 Å². The lowest BCUT2D eigenvalue weighted by Gasteiger charge is -2.30. The SMILES string of the molecule is CC(=O)NC(CC(=O)NC(C)(CN)C1CC1)c1ccc(Cl)cc1. The van der Waals surface area contributed by atoms with Crippen molar-refractivity contribution in [1.29, 1.82) is 0 Å². The predicted molar refractivity (Wildman–Crippen MR) is 91.0 cm³/mol. The maximum absolute atomic E-state index is 12.4. The van der Waals surface area contributed by atoms with E-state index in [9.17, 15) is 9.59 Å². The van der Waals surface area contributed by atoms with Gasteiger partial charge in [0.05, 0.1) is 18.0 Å². The summed E-state index contributed by atoms with van der Waals surface area (Å²) in [7, 11) is 0. The fourth-order valence-corrected chi connectivity index (χ4v) is 2.91. The molecule has 0 heterocycles. The summed E-state index contributed by atoms with van der Waals surface area (Å²) in [6.07, 6.45) is 2.37. The van der Waals surface area contributed by atoms with Gasteiger partial charge in [0.1, 0.15) is 0 Å². The molecule has 2 atom stereocenters. The number of nitrogens with two attached hydrogens (primary N) is 1. The van der Waals surface area contributed by atoms with Crippen molar-refractivity contribution in [3.8, 4) is 0 Å². The zero-order valence-electron chi connectivity index (χ0n) is 13.6. The number of halogens is 1. The van der Waals surface area contributed by atoms with Crippen LogP contribution < -0.4 is 16.4 Å². The predicted octanol–water partition coefficient (Wildman–Crippen LogP) is 2.15. The maximum Gasteiger partial charge on any atom is 0.222 e. The zero-order valence-corrected chi connectivity index (χ0v) is 14.3. The molecule has 0 aromatic heterocycles. The Morgan fingerprint density at radius 2 is 1.96 bits per heavy atom. The van der Waals surface area contributed by atoms with E-state index in [1.165, 1.54) is 6.92 Å². The van der Waals surface area contributed by atoms with Crippen molar-refractivity contribution in [2.24, 2.45) is 11.7 Å². The van der Waals surface area contributed by atoms with Crippen molar-refractivity contribution in [3.05, 3.63) is 34.9 Å². The third-order valence-electron chi connectivity index (χ3n) is 4.37. The Bertz CT molecular complexity index is 572. The minimum Gasteiger partial charge on any atom is -0.349 e. The Kier molecular flexibility index (Phi) is 5.65. The number of carbonyl (C=O) groups is 2. The summed E-state index contributed by atoms with van der Waals surface area (Å²) in [5, 5.41) is 6.48. The molecule has 1 aliphatic carbocycles. The van der Waals surface area contributed by atoms with Crippen molar-refractivity contribution in [2.75, 3.05) is 6.54 Å². The van der Waals surface area contributed by atoms with E-state index in [1.807, 2.05) is 19.1 Å². The molecule has 0 bridgehead atoms. The number of nitrogens with one attached hydrogen (secondary N) is 2. The first-order chi connectivity index (χ1) is 10.8. The molecule has 0 aliphatic heterocycles.